The van der Waals surface area contributed by atoms with Gasteiger partial charge in [0.05, 0.1) is 12.0 Å². The molecule has 0 spiro atoms. The van der Waals surface area contributed by atoms with Crippen LogP contribution in [0.15, 0.2) is 29.9 Å². The molecule has 7 heteroatoms. The lowest BCUT2D eigenvalue weighted by atomic mass is 9.77. The predicted octanol–water partition coefficient (Wildman–Crippen LogP) is 3.12. The molecule has 0 bridgehead atoms. The van der Waals surface area contributed by atoms with Gasteiger partial charge in [0, 0.05) is 50.3 Å². The Morgan fingerprint density at radius 2 is 2.35 bits per heavy atom. The molecule has 0 amide bonds. The van der Waals surface area contributed by atoms with Crippen molar-refractivity contribution in [2.75, 3.05) is 33.4 Å². The highest BCUT2D eigenvalue weighted by atomic mass is 32.1. The Hall–Kier alpha value is -1.70. The Balaban J connectivity index is 1.75. The molecule has 6 nitrogen and oxygen atoms in total. The van der Waals surface area contributed by atoms with E-state index in [9.17, 15) is 4.79 Å². The lowest BCUT2D eigenvalue weighted by Gasteiger charge is -2.41. The number of hydrogen-bond acceptors (Lipinski definition) is 6. The molecule has 1 unspecified atom stereocenters. The van der Waals surface area contributed by atoms with E-state index < -0.39 is 5.41 Å². The molecule has 142 valence electrons. The van der Waals surface area contributed by atoms with Crippen LogP contribution in [0.2, 0.25) is 0 Å². The second kappa shape index (κ2) is 8.79. The van der Waals surface area contributed by atoms with Gasteiger partial charge < -0.3 is 9.47 Å². The third-order valence-corrected chi connectivity index (χ3v) is 5.76. The highest BCUT2D eigenvalue weighted by Gasteiger charge is 2.43. The molecule has 2 aromatic heterocycles. The maximum absolute atomic E-state index is 12.7. The summed E-state index contributed by atoms with van der Waals surface area (Å²) in [6.45, 7) is 5.34. The number of carbonyl (C=O) groups excluding carboxylic acids is 1. The molecule has 0 saturated carbocycles. The van der Waals surface area contributed by atoms with E-state index in [0.717, 1.165) is 31.1 Å². The Morgan fingerprint density at radius 1 is 1.46 bits per heavy atom. The molecule has 1 aliphatic rings. The standard InChI is InChI=1S/C19H27N3O3S/c1-3-25-17(23)19(8-12-24-2)7-5-10-21(15-19)14-16-6-4-11-22(16)18-20-9-13-26-18/h4,6,9,11,13H,3,5,7-8,10,12,14-15H2,1-2H3. The van der Waals surface area contributed by atoms with Gasteiger partial charge in [0.1, 0.15) is 0 Å². The third kappa shape index (κ3) is 4.16. The maximum atomic E-state index is 12.7. The first-order valence-corrected chi connectivity index (χ1v) is 10.0. The summed E-state index contributed by atoms with van der Waals surface area (Å²) in [5.74, 6) is -0.0861. The summed E-state index contributed by atoms with van der Waals surface area (Å²) in [6.07, 6.45) is 6.41. The summed E-state index contributed by atoms with van der Waals surface area (Å²) in [6, 6.07) is 4.17. The second-order valence-electron chi connectivity index (χ2n) is 6.74. The fourth-order valence-electron chi connectivity index (χ4n) is 3.71. The van der Waals surface area contributed by atoms with Gasteiger partial charge in [0.25, 0.3) is 0 Å². The predicted molar refractivity (Wildman–Crippen MR) is 102 cm³/mol. The first-order valence-electron chi connectivity index (χ1n) is 9.13. The molecule has 1 fully saturated rings. The number of aromatic nitrogens is 2. The molecule has 1 atom stereocenters. The van der Waals surface area contributed by atoms with Crippen LogP contribution in [0.25, 0.3) is 5.13 Å². The van der Waals surface area contributed by atoms with Gasteiger partial charge in [-0.1, -0.05) is 0 Å². The lowest BCUT2D eigenvalue weighted by molar-refractivity contribution is -0.160. The molecule has 1 aliphatic heterocycles. The summed E-state index contributed by atoms with van der Waals surface area (Å²) < 4.78 is 12.8. The molecule has 0 aromatic carbocycles. The van der Waals surface area contributed by atoms with Crippen molar-refractivity contribution in [1.29, 1.82) is 0 Å². The van der Waals surface area contributed by atoms with Gasteiger partial charge in [-0.05, 0) is 44.9 Å². The van der Waals surface area contributed by atoms with E-state index >= 15 is 0 Å². The number of ether oxygens (including phenoxy) is 2. The number of piperidine rings is 1. The van der Waals surface area contributed by atoms with E-state index in [2.05, 4.69) is 20.5 Å². The van der Waals surface area contributed by atoms with Crippen molar-refractivity contribution in [3.63, 3.8) is 0 Å². The molecule has 2 aromatic rings. The smallest absolute Gasteiger partial charge is 0.313 e. The molecule has 1 saturated heterocycles. The molecule has 0 N–H and O–H groups in total. The normalized spacial score (nSPS) is 21.0. The van der Waals surface area contributed by atoms with Gasteiger partial charge in [-0.3, -0.25) is 14.3 Å². The first kappa shape index (κ1) is 19.1. The molecule has 3 heterocycles. The third-order valence-electron chi connectivity index (χ3n) is 4.99. The molecule has 0 radical (unpaired) electrons. The van der Waals surface area contributed by atoms with Crippen LogP contribution in [0.1, 0.15) is 31.9 Å². The van der Waals surface area contributed by atoms with Gasteiger partial charge in [-0.2, -0.15) is 0 Å². The summed E-state index contributed by atoms with van der Waals surface area (Å²) >= 11 is 1.62. The summed E-state index contributed by atoms with van der Waals surface area (Å²) in [5, 5.41) is 2.95. The second-order valence-corrected chi connectivity index (χ2v) is 7.62. The molecule has 3 rings (SSSR count). The largest absolute Gasteiger partial charge is 0.466 e. The Labute approximate surface area is 158 Å². The van der Waals surface area contributed by atoms with Crippen LogP contribution in [0.5, 0.6) is 0 Å². The van der Waals surface area contributed by atoms with Crippen LogP contribution in [0.3, 0.4) is 0 Å². The van der Waals surface area contributed by atoms with E-state index in [1.54, 1.807) is 18.4 Å². The zero-order valence-electron chi connectivity index (χ0n) is 15.5. The minimum absolute atomic E-state index is 0.0861. The first-order chi connectivity index (χ1) is 12.7. The number of rotatable bonds is 8. The summed E-state index contributed by atoms with van der Waals surface area (Å²) in [5.41, 5.74) is 0.717. The zero-order valence-corrected chi connectivity index (χ0v) is 16.3. The van der Waals surface area contributed by atoms with Crippen LogP contribution >= 0.6 is 11.3 Å². The number of methoxy groups -OCH3 is 1. The van der Waals surface area contributed by atoms with Crippen LogP contribution in [-0.2, 0) is 20.8 Å². The molecular weight excluding hydrogens is 350 g/mol. The number of likely N-dealkylation sites (tertiary alicyclic amines) is 1. The Morgan fingerprint density at radius 3 is 3.08 bits per heavy atom. The number of thiazole rings is 1. The number of esters is 1. The van der Waals surface area contributed by atoms with Crippen LogP contribution < -0.4 is 0 Å². The fourth-order valence-corrected chi connectivity index (χ4v) is 4.37. The van der Waals surface area contributed by atoms with Gasteiger partial charge in [-0.15, -0.1) is 11.3 Å². The van der Waals surface area contributed by atoms with Gasteiger partial charge in [0.15, 0.2) is 5.13 Å². The van der Waals surface area contributed by atoms with Crippen molar-refractivity contribution in [2.45, 2.75) is 32.7 Å². The molecule has 0 aliphatic carbocycles. The van der Waals surface area contributed by atoms with Crippen LogP contribution in [0.4, 0.5) is 0 Å². The number of nitrogens with zero attached hydrogens (tertiary/aromatic N) is 3. The molecule has 26 heavy (non-hydrogen) atoms. The Kier molecular flexibility index (Phi) is 6.45. The monoisotopic (exact) mass is 377 g/mol. The average molecular weight is 378 g/mol. The zero-order chi connectivity index (χ0) is 18.4. The van der Waals surface area contributed by atoms with E-state index in [0.29, 0.717) is 26.2 Å². The topological polar surface area (TPSA) is 56.6 Å². The van der Waals surface area contributed by atoms with Crippen molar-refractivity contribution >= 4 is 17.3 Å². The minimum Gasteiger partial charge on any atom is -0.466 e. The quantitative estimate of drug-likeness (QED) is 0.662. The van der Waals surface area contributed by atoms with Crippen molar-refractivity contribution in [2.24, 2.45) is 5.41 Å². The maximum Gasteiger partial charge on any atom is 0.313 e. The van der Waals surface area contributed by atoms with Crippen molar-refractivity contribution < 1.29 is 14.3 Å². The highest BCUT2D eigenvalue weighted by Crippen LogP contribution is 2.36. The van der Waals surface area contributed by atoms with Crippen molar-refractivity contribution in [3.8, 4) is 5.13 Å². The van der Waals surface area contributed by atoms with E-state index in [1.807, 2.05) is 30.8 Å². The van der Waals surface area contributed by atoms with Crippen molar-refractivity contribution in [1.82, 2.24) is 14.5 Å². The van der Waals surface area contributed by atoms with E-state index in [4.69, 9.17) is 9.47 Å². The highest BCUT2D eigenvalue weighted by molar-refractivity contribution is 7.12. The average Bonchev–Trinajstić information content (AvgIpc) is 3.32. The minimum atomic E-state index is -0.469. The number of carbonyl (C=O) groups is 1. The van der Waals surface area contributed by atoms with Crippen molar-refractivity contribution in [3.05, 3.63) is 35.6 Å². The van der Waals surface area contributed by atoms with Gasteiger partial charge >= 0.3 is 5.97 Å². The Bertz CT molecular complexity index is 701. The van der Waals surface area contributed by atoms with E-state index in [1.165, 1.54) is 5.69 Å². The lowest BCUT2D eigenvalue weighted by Crippen LogP contribution is -2.49. The van der Waals surface area contributed by atoms with Crippen LogP contribution in [0, 0.1) is 5.41 Å². The SMILES string of the molecule is CCOC(=O)C1(CCOC)CCCN(Cc2cccn2-c2nccs2)C1. The van der Waals surface area contributed by atoms with E-state index in [-0.39, 0.29) is 5.97 Å². The van der Waals surface area contributed by atoms with Gasteiger partial charge in [0.2, 0.25) is 0 Å². The molecular formula is C19H27N3O3S. The van der Waals surface area contributed by atoms with Gasteiger partial charge in [-0.25, -0.2) is 4.98 Å². The summed E-state index contributed by atoms with van der Waals surface area (Å²) in [4.78, 5) is 19.5. The number of hydrogen-bond donors (Lipinski definition) is 0. The van der Waals surface area contributed by atoms with Crippen LogP contribution in [-0.4, -0.2) is 53.8 Å². The summed E-state index contributed by atoms with van der Waals surface area (Å²) in [7, 11) is 1.68. The fraction of sp³-hybridized carbons (Fsp3) is 0.579.